The number of rotatable bonds is 5. The van der Waals surface area contributed by atoms with Crippen LogP contribution in [-0.2, 0) is 6.42 Å². The molecule has 0 saturated heterocycles. The number of hydrogen-bond donors (Lipinski definition) is 1. The van der Waals surface area contributed by atoms with Crippen molar-refractivity contribution >= 4 is 45.2 Å². The topological polar surface area (TPSA) is 12.0 Å². The highest BCUT2D eigenvalue weighted by atomic mass is 127. The predicted molar refractivity (Wildman–Crippen MR) is 98.4 cm³/mol. The van der Waals surface area contributed by atoms with Gasteiger partial charge in [-0.2, -0.15) is 0 Å². The molecule has 2 rings (SSSR count). The van der Waals surface area contributed by atoms with Gasteiger partial charge in [-0.1, -0.05) is 31.2 Å². The second-order valence-electron chi connectivity index (χ2n) is 4.50. The van der Waals surface area contributed by atoms with Crippen LogP contribution in [0.4, 0.5) is 0 Å². The zero-order chi connectivity index (χ0) is 13.7. The summed E-state index contributed by atoms with van der Waals surface area (Å²) in [5, 5.41) is 3.58. The summed E-state index contributed by atoms with van der Waals surface area (Å²) in [7, 11) is 0. The Labute approximate surface area is 142 Å². The van der Waals surface area contributed by atoms with E-state index in [1.54, 1.807) is 0 Å². The minimum absolute atomic E-state index is 0.389. The van der Waals surface area contributed by atoms with Crippen molar-refractivity contribution in [3.8, 4) is 0 Å². The maximum Gasteiger partial charge on any atom is 0.0361 e. The first-order valence-corrected chi connectivity index (χ1v) is 8.58. The van der Waals surface area contributed by atoms with Crippen LogP contribution < -0.4 is 5.32 Å². The van der Waals surface area contributed by atoms with Crippen LogP contribution in [0.3, 0.4) is 0 Å². The van der Waals surface area contributed by atoms with E-state index in [1.165, 1.54) is 18.3 Å². The van der Waals surface area contributed by atoms with Crippen molar-refractivity contribution in [2.75, 3.05) is 6.54 Å². The van der Waals surface area contributed by atoms with E-state index in [9.17, 15) is 0 Å². The van der Waals surface area contributed by atoms with Gasteiger partial charge in [0.2, 0.25) is 0 Å². The van der Waals surface area contributed by atoms with Crippen LogP contribution in [0.5, 0.6) is 0 Å². The number of hydrogen-bond acceptors (Lipinski definition) is 1. The van der Waals surface area contributed by atoms with E-state index >= 15 is 0 Å². The van der Waals surface area contributed by atoms with Crippen molar-refractivity contribution in [1.82, 2.24) is 5.32 Å². The summed E-state index contributed by atoms with van der Waals surface area (Å²) in [5.41, 5.74) is 2.75. The molecule has 0 amide bonds. The maximum absolute atomic E-state index is 3.58. The largest absolute Gasteiger partial charge is 0.310 e. The van der Waals surface area contributed by atoms with E-state index in [0.717, 1.165) is 13.0 Å². The summed E-state index contributed by atoms with van der Waals surface area (Å²) in [4.78, 5) is 0. The summed E-state index contributed by atoms with van der Waals surface area (Å²) >= 11 is 4.72. The standard InChI is InChI=1S/C16H17I2N/c1-2-19-16(13-4-3-5-15(18)11-13)10-12-6-8-14(17)9-7-12/h3-9,11,16,19H,2,10H2,1H3. The van der Waals surface area contributed by atoms with E-state index in [1.807, 2.05) is 0 Å². The molecule has 0 aromatic heterocycles. The van der Waals surface area contributed by atoms with Crippen molar-refractivity contribution in [3.05, 3.63) is 66.8 Å². The zero-order valence-electron chi connectivity index (χ0n) is 10.9. The van der Waals surface area contributed by atoms with Crippen molar-refractivity contribution < 1.29 is 0 Å². The minimum atomic E-state index is 0.389. The number of likely N-dealkylation sites (N-methyl/N-ethyl adjacent to an activating group) is 1. The van der Waals surface area contributed by atoms with E-state index in [4.69, 9.17) is 0 Å². The number of benzene rings is 2. The lowest BCUT2D eigenvalue weighted by atomic mass is 9.99. The predicted octanol–water partition coefficient (Wildman–Crippen LogP) is 4.79. The second-order valence-corrected chi connectivity index (χ2v) is 6.99. The van der Waals surface area contributed by atoms with E-state index in [2.05, 4.69) is 106 Å². The van der Waals surface area contributed by atoms with Gasteiger partial charge in [0.05, 0.1) is 0 Å². The van der Waals surface area contributed by atoms with Crippen LogP contribution in [0, 0.1) is 7.14 Å². The zero-order valence-corrected chi connectivity index (χ0v) is 15.2. The Morgan fingerprint density at radius 3 is 2.37 bits per heavy atom. The molecule has 0 heterocycles. The summed E-state index contributed by atoms with van der Waals surface area (Å²) < 4.78 is 2.58. The third-order valence-corrected chi connectivity index (χ3v) is 4.44. The molecule has 0 aliphatic carbocycles. The van der Waals surface area contributed by atoms with Gasteiger partial charge < -0.3 is 5.32 Å². The molecule has 0 saturated carbocycles. The van der Waals surface area contributed by atoms with Gasteiger partial charge in [0, 0.05) is 13.2 Å². The van der Waals surface area contributed by atoms with E-state index in [-0.39, 0.29) is 0 Å². The fourth-order valence-electron chi connectivity index (χ4n) is 2.13. The van der Waals surface area contributed by atoms with Crippen molar-refractivity contribution in [1.29, 1.82) is 0 Å². The van der Waals surface area contributed by atoms with Crippen molar-refractivity contribution in [2.45, 2.75) is 19.4 Å². The summed E-state index contributed by atoms with van der Waals surface area (Å²) in [5.74, 6) is 0. The molecule has 1 nitrogen and oxygen atoms in total. The minimum Gasteiger partial charge on any atom is -0.310 e. The number of halogens is 2. The molecular formula is C16H17I2N. The van der Waals surface area contributed by atoms with Crippen molar-refractivity contribution in [2.24, 2.45) is 0 Å². The molecule has 0 bridgehead atoms. The van der Waals surface area contributed by atoms with Gasteiger partial charge in [-0.05, 0) is 93.5 Å². The molecule has 1 unspecified atom stereocenters. The summed E-state index contributed by atoms with van der Waals surface area (Å²) in [6.07, 6.45) is 1.03. The lowest BCUT2D eigenvalue weighted by molar-refractivity contribution is 0.549. The van der Waals surface area contributed by atoms with Gasteiger partial charge in [-0.25, -0.2) is 0 Å². The molecule has 100 valence electrons. The Bertz CT molecular complexity index is 523. The monoisotopic (exact) mass is 477 g/mol. The Kier molecular flexibility index (Phi) is 6.09. The van der Waals surface area contributed by atoms with Crippen LogP contribution in [0.25, 0.3) is 0 Å². The van der Waals surface area contributed by atoms with Gasteiger partial charge in [0.25, 0.3) is 0 Å². The quantitative estimate of drug-likeness (QED) is 0.612. The normalized spacial score (nSPS) is 12.4. The molecule has 3 heteroatoms. The first-order chi connectivity index (χ1) is 9.19. The van der Waals surface area contributed by atoms with Gasteiger partial charge in [0.1, 0.15) is 0 Å². The lowest BCUT2D eigenvalue weighted by Crippen LogP contribution is -2.23. The molecule has 0 aliphatic heterocycles. The molecule has 2 aromatic carbocycles. The smallest absolute Gasteiger partial charge is 0.0361 e. The fourth-order valence-corrected chi connectivity index (χ4v) is 3.06. The van der Waals surface area contributed by atoms with Gasteiger partial charge in [-0.15, -0.1) is 0 Å². The van der Waals surface area contributed by atoms with Crippen LogP contribution >= 0.6 is 45.2 Å². The van der Waals surface area contributed by atoms with Crippen LogP contribution in [-0.4, -0.2) is 6.54 Å². The second kappa shape index (κ2) is 7.59. The third kappa shape index (κ3) is 4.72. The van der Waals surface area contributed by atoms with Gasteiger partial charge in [0.15, 0.2) is 0 Å². The highest BCUT2D eigenvalue weighted by Crippen LogP contribution is 2.21. The average Bonchev–Trinajstić information content (AvgIpc) is 2.41. The Hall–Kier alpha value is -0.140. The molecular weight excluding hydrogens is 460 g/mol. The summed E-state index contributed by atoms with van der Waals surface area (Å²) in [6.45, 7) is 3.15. The molecule has 0 radical (unpaired) electrons. The van der Waals surface area contributed by atoms with Crippen LogP contribution in [0.1, 0.15) is 24.1 Å². The maximum atomic E-state index is 3.58. The lowest BCUT2D eigenvalue weighted by Gasteiger charge is -2.19. The van der Waals surface area contributed by atoms with Gasteiger partial charge in [-0.3, -0.25) is 0 Å². The fraction of sp³-hybridized carbons (Fsp3) is 0.250. The Morgan fingerprint density at radius 1 is 1.00 bits per heavy atom. The molecule has 0 fully saturated rings. The average molecular weight is 477 g/mol. The SMILES string of the molecule is CCNC(Cc1ccc(I)cc1)c1cccc(I)c1. The molecule has 0 aliphatic rings. The molecule has 1 N–H and O–H groups in total. The first kappa shape index (κ1) is 15.3. The highest BCUT2D eigenvalue weighted by molar-refractivity contribution is 14.1. The van der Waals surface area contributed by atoms with Gasteiger partial charge >= 0.3 is 0 Å². The highest BCUT2D eigenvalue weighted by Gasteiger charge is 2.11. The van der Waals surface area contributed by atoms with E-state index in [0.29, 0.717) is 6.04 Å². The molecule has 2 aromatic rings. The molecule has 0 spiro atoms. The third-order valence-electron chi connectivity index (χ3n) is 3.05. The number of nitrogens with one attached hydrogen (secondary N) is 1. The van der Waals surface area contributed by atoms with E-state index < -0.39 is 0 Å². The van der Waals surface area contributed by atoms with Crippen molar-refractivity contribution in [3.63, 3.8) is 0 Å². The first-order valence-electron chi connectivity index (χ1n) is 6.42. The summed E-state index contributed by atoms with van der Waals surface area (Å²) in [6, 6.07) is 17.9. The Balaban J connectivity index is 2.18. The molecule has 1 atom stereocenters. The molecule has 19 heavy (non-hydrogen) atoms. The van der Waals surface area contributed by atoms with Crippen LogP contribution in [0.2, 0.25) is 0 Å². The van der Waals surface area contributed by atoms with Crippen LogP contribution in [0.15, 0.2) is 48.5 Å². The Morgan fingerprint density at radius 2 is 1.74 bits per heavy atom.